The molecule has 1 fully saturated rings. The van der Waals surface area contributed by atoms with E-state index in [1.807, 2.05) is 13.0 Å². The summed E-state index contributed by atoms with van der Waals surface area (Å²) >= 11 is 0. The van der Waals surface area contributed by atoms with Crippen molar-refractivity contribution >= 4 is 17.4 Å². The summed E-state index contributed by atoms with van der Waals surface area (Å²) in [4.78, 5) is 20.1. The molecule has 1 aliphatic rings. The Morgan fingerprint density at radius 2 is 1.89 bits per heavy atom. The fraction of sp³-hybridized carbons (Fsp3) is 0.300. The van der Waals surface area contributed by atoms with Gasteiger partial charge in [-0.3, -0.25) is 4.79 Å². The Hall–Kier alpha value is -3.09. The molecule has 1 aromatic rings. The molecule has 0 spiro atoms. The highest BCUT2D eigenvalue weighted by molar-refractivity contribution is 6.00. The number of amides is 1. The summed E-state index contributed by atoms with van der Waals surface area (Å²) in [6, 6.07) is 6.92. The number of aliphatic imine (C=N–C) groups is 1. The Balaban J connectivity index is 2.06. The van der Waals surface area contributed by atoms with E-state index < -0.39 is 6.86 Å². The zero-order valence-corrected chi connectivity index (χ0v) is 15.5. The first-order valence-electron chi connectivity index (χ1n) is 8.69. The van der Waals surface area contributed by atoms with Crippen LogP contribution in [0.5, 0.6) is 5.75 Å². The Morgan fingerprint density at radius 3 is 2.44 bits per heavy atom. The van der Waals surface area contributed by atoms with Gasteiger partial charge >= 0.3 is 0 Å². The lowest BCUT2D eigenvalue weighted by Gasteiger charge is -2.36. The standard InChI is InChI=1S/C20H25FN4O2/c1-4-10-22-20(25-13-11-24(12-14-25)19(26)5-2)16(3)23-17-6-8-18(9-7-17)27-15-21/h4-10,23H,2-3,11-15H2,1H3/b10-4-,22-20?. The van der Waals surface area contributed by atoms with Crippen LogP contribution in [0.2, 0.25) is 0 Å². The van der Waals surface area contributed by atoms with Gasteiger partial charge < -0.3 is 19.9 Å². The quantitative estimate of drug-likeness (QED) is 0.454. The number of halogens is 1. The van der Waals surface area contributed by atoms with Crippen LogP contribution in [0, 0.1) is 0 Å². The van der Waals surface area contributed by atoms with Crippen LogP contribution in [0.4, 0.5) is 10.1 Å². The lowest BCUT2D eigenvalue weighted by atomic mass is 10.2. The highest BCUT2D eigenvalue weighted by atomic mass is 19.1. The lowest BCUT2D eigenvalue weighted by molar-refractivity contribution is -0.127. The number of anilines is 1. The van der Waals surface area contributed by atoms with Crippen molar-refractivity contribution in [1.82, 2.24) is 9.80 Å². The van der Waals surface area contributed by atoms with Gasteiger partial charge in [-0.1, -0.05) is 19.2 Å². The van der Waals surface area contributed by atoms with E-state index in [1.165, 1.54) is 6.08 Å². The zero-order chi connectivity index (χ0) is 19.6. The third kappa shape index (κ3) is 5.70. The smallest absolute Gasteiger partial charge is 0.246 e. The molecule has 0 aliphatic carbocycles. The fourth-order valence-electron chi connectivity index (χ4n) is 2.69. The van der Waals surface area contributed by atoms with Crippen LogP contribution in [0.3, 0.4) is 0 Å². The molecule has 7 heteroatoms. The fourth-order valence-corrected chi connectivity index (χ4v) is 2.69. The molecule has 0 atom stereocenters. The summed E-state index contributed by atoms with van der Waals surface area (Å²) in [6.45, 7) is 11.2. The van der Waals surface area contributed by atoms with Crippen molar-refractivity contribution in [3.8, 4) is 5.75 Å². The van der Waals surface area contributed by atoms with Gasteiger partial charge in [-0.05, 0) is 37.3 Å². The van der Waals surface area contributed by atoms with Gasteiger partial charge in [0.1, 0.15) is 5.75 Å². The molecule has 1 aliphatic heterocycles. The number of piperazine rings is 1. The molecule has 0 bridgehead atoms. The highest BCUT2D eigenvalue weighted by Gasteiger charge is 2.23. The largest absolute Gasteiger partial charge is 0.463 e. The van der Waals surface area contributed by atoms with Gasteiger partial charge in [0.15, 0.2) is 5.84 Å². The average Bonchev–Trinajstić information content (AvgIpc) is 2.70. The minimum absolute atomic E-state index is 0.0610. The van der Waals surface area contributed by atoms with Gasteiger partial charge in [0.25, 0.3) is 0 Å². The number of rotatable bonds is 7. The van der Waals surface area contributed by atoms with Crippen LogP contribution in [0.15, 0.2) is 66.5 Å². The van der Waals surface area contributed by atoms with Crippen molar-refractivity contribution in [3.63, 3.8) is 0 Å². The van der Waals surface area contributed by atoms with Gasteiger partial charge in [0.05, 0.1) is 5.70 Å². The van der Waals surface area contributed by atoms with E-state index in [9.17, 15) is 9.18 Å². The second-order valence-corrected chi connectivity index (χ2v) is 5.83. The van der Waals surface area contributed by atoms with Crippen molar-refractivity contribution in [1.29, 1.82) is 0 Å². The molecule has 1 heterocycles. The van der Waals surface area contributed by atoms with E-state index in [0.29, 0.717) is 43.5 Å². The number of carbonyl (C=O) groups is 1. The Kier molecular flexibility index (Phi) is 7.61. The minimum atomic E-state index is -0.861. The summed E-state index contributed by atoms with van der Waals surface area (Å²) in [6.07, 6.45) is 4.89. The Labute approximate surface area is 159 Å². The molecule has 2 rings (SSSR count). The number of benzene rings is 1. The van der Waals surface area contributed by atoms with Gasteiger partial charge in [-0.25, -0.2) is 9.38 Å². The van der Waals surface area contributed by atoms with Crippen LogP contribution >= 0.6 is 0 Å². The first-order valence-corrected chi connectivity index (χ1v) is 8.69. The van der Waals surface area contributed by atoms with Crippen LogP contribution in [-0.4, -0.2) is 54.6 Å². The third-order valence-electron chi connectivity index (χ3n) is 4.05. The van der Waals surface area contributed by atoms with E-state index in [0.717, 1.165) is 5.69 Å². The predicted octanol–water partition coefficient (Wildman–Crippen LogP) is 3.18. The minimum Gasteiger partial charge on any atom is -0.463 e. The number of hydrogen-bond donors (Lipinski definition) is 1. The van der Waals surface area contributed by atoms with Crippen molar-refractivity contribution < 1.29 is 13.9 Å². The van der Waals surface area contributed by atoms with E-state index in [4.69, 9.17) is 4.74 Å². The molecule has 0 unspecified atom stereocenters. The van der Waals surface area contributed by atoms with Gasteiger partial charge in [0, 0.05) is 38.1 Å². The van der Waals surface area contributed by atoms with Crippen LogP contribution in [-0.2, 0) is 4.79 Å². The molecule has 1 amide bonds. The molecule has 0 saturated carbocycles. The molecular weight excluding hydrogens is 347 g/mol. The van der Waals surface area contributed by atoms with Crippen molar-refractivity contribution in [2.24, 2.45) is 4.99 Å². The highest BCUT2D eigenvalue weighted by Crippen LogP contribution is 2.18. The molecule has 6 nitrogen and oxygen atoms in total. The SMILES string of the molecule is C=CC(=O)N1CCN(C(=N/C=C\C)C(=C)Nc2ccc(OCF)cc2)CC1. The van der Waals surface area contributed by atoms with E-state index in [-0.39, 0.29) is 5.91 Å². The molecule has 0 aromatic heterocycles. The van der Waals surface area contributed by atoms with Crippen LogP contribution in [0.25, 0.3) is 0 Å². The molecule has 1 aromatic carbocycles. The number of allylic oxidation sites excluding steroid dienone is 1. The summed E-state index contributed by atoms with van der Waals surface area (Å²) in [5.41, 5.74) is 1.43. The van der Waals surface area contributed by atoms with Crippen molar-refractivity contribution in [2.75, 3.05) is 38.4 Å². The van der Waals surface area contributed by atoms with Gasteiger partial charge in [0.2, 0.25) is 12.8 Å². The third-order valence-corrected chi connectivity index (χ3v) is 4.05. The maximum atomic E-state index is 12.2. The normalized spacial score (nSPS) is 15.0. The van der Waals surface area contributed by atoms with Gasteiger partial charge in [-0.15, -0.1) is 0 Å². The zero-order valence-electron chi connectivity index (χ0n) is 15.5. The van der Waals surface area contributed by atoms with E-state index in [1.54, 1.807) is 35.4 Å². The van der Waals surface area contributed by atoms with Crippen LogP contribution < -0.4 is 10.1 Å². The molecule has 1 saturated heterocycles. The molecule has 1 N–H and O–H groups in total. The Morgan fingerprint density at radius 1 is 1.26 bits per heavy atom. The first kappa shape index (κ1) is 20.2. The summed E-state index contributed by atoms with van der Waals surface area (Å²) in [5.74, 6) is 1.11. The second-order valence-electron chi connectivity index (χ2n) is 5.83. The summed E-state index contributed by atoms with van der Waals surface area (Å²) in [7, 11) is 0. The topological polar surface area (TPSA) is 57.2 Å². The molecule has 0 radical (unpaired) electrons. The number of nitrogens with zero attached hydrogens (tertiary/aromatic N) is 3. The summed E-state index contributed by atoms with van der Waals surface area (Å²) < 4.78 is 17.0. The number of hydrogen-bond acceptors (Lipinski definition) is 4. The van der Waals surface area contributed by atoms with Crippen molar-refractivity contribution in [2.45, 2.75) is 6.92 Å². The number of ether oxygens (including phenoxy) is 1. The number of alkyl halides is 1. The maximum absolute atomic E-state index is 12.2. The second kappa shape index (κ2) is 10.2. The number of amidine groups is 1. The lowest BCUT2D eigenvalue weighted by Crippen LogP contribution is -2.51. The van der Waals surface area contributed by atoms with Crippen LogP contribution in [0.1, 0.15) is 6.92 Å². The monoisotopic (exact) mass is 372 g/mol. The summed E-state index contributed by atoms with van der Waals surface area (Å²) in [5, 5.41) is 3.22. The molecular formula is C20H25FN4O2. The predicted molar refractivity (Wildman–Crippen MR) is 106 cm³/mol. The Bertz CT molecular complexity index is 720. The van der Waals surface area contributed by atoms with E-state index >= 15 is 0 Å². The molecule has 144 valence electrons. The molecule has 27 heavy (non-hydrogen) atoms. The average molecular weight is 372 g/mol. The maximum Gasteiger partial charge on any atom is 0.246 e. The van der Waals surface area contributed by atoms with Crippen molar-refractivity contribution in [3.05, 3.63) is 61.5 Å². The van der Waals surface area contributed by atoms with E-state index in [2.05, 4.69) is 28.4 Å². The number of carbonyl (C=O) groups excluding carboxylic acids is 1. The number of nitrogens with one attached hydrogen (secondary N) is 1. The van der Waals surface area contributed by atoms with Gasteiger partial charge in [-0.2, -0.15) is 0 Å². The first-order chi connectivity index (χ1) is 13.1.